The first kappa shape index (κ1) is 22.9. The molecular weight excluding hydrogens is 471 g/mol. The van der Waals surface area contributed by atoms with Crippen molar-refractivity contribution in [1.29, 1.82) is 0 Å². The molecule has 2 aromatic carbocycles. The molecule has 0 aliphatic carbocycles. The van der Waals surface area contributed by atoms with Crippen LogP contribution >= 0.6 is 35.8 Å². The Hall–Kier alpha value is -2.23. The highest BCUT2D eigenvalue weighted by Gasteiger charge is 2.34. The molecule has 0 bridgehead atoms. The van der Waals surface area contributed by atoms with Crippen LogP contribution in [0.4, 0.5) is 26.2 Å². The normalized spacial score (nSPS) is 18.7. The number of hydrogen-bond donors (Lipinski definition) is 0. The minimum Gasteiger partial charge on any atom is -0.442 e. The maximum absolute atomic E-state index is 15.0. The lowest BCUT2D eigenvalue weighted by Gasteiger charge is -2.37. The first-order valence-electron chi connectivity index (χ1n) is 10.3. The van der Waals surface area contributed by atoms with E-state index in [4.69, 9.17) is 28.6 Å². The summed E-state index contributed by atoms with van der Waals surface area (Å²) in [5.41, 5.74) is 3.64. The van der Waals surface area contributed by atoms with Crippen molar-refractivity contribution in [3.8, 4) is 0 Å². The fourth-order valence-electron chi connectivity index (χ4n) is 3.99. The summed E-state index contributed by atoms with van der Waals surface area (Å²) < 4.78 is 22.3. The molecule has 0 spiro atoms. The van der Waals surface area contributed by atoms with Crippen molar-refractivity contribution in [2.24, 2.45) is 0 Å². The third kappa shape index (κ3) is 5.05. The van der Waals surface area contributed by atoms with Crippen LogP contribution in [0, 0.1) is 5.82 Å². The van der Waals surface area contributed by atoms with E-state index in [9.17, 15) is 4.79 Å². The number of amides is 1. The smallest absolute Gasteiger partial charge is 0.414 e. The van der Waals surface area contributed by atoms with Crippen LogP contribution in [0.2, 0.25) is 5.02 Å². The zero-order chi connectivity index (χ0) is 22.7. The first-order chi connectivity index (χ1) is 15.5. The zero-order valence-corrected chi connectivity index (χ0v) is 20.0. The standard InChI is InChI=1S/C22H24ClFN4O2S2/c1-32-27(15-31)13-19-14-28(22(29)30-19)18-5-6-21(20(24)12-18)26-9-7-25(8-10-26)17-4-2-3-16(23)11-17/h2-6,11-12,15,19H,7-10,13-14H2,1H3/t19-/m0/s1. The molecule has 0 unspecified atom stereocenters. The molecule has 4 rings (SSSR count). The quantitative estimate of drug-likeness (QED) is 0.409. The van der Waals surface area contributed by atoms with Gasteiger partial charge in [0.15, 0.2) is 0 Å². The lowest BCUT2D eigenvalue weighted by Crippen LogP contribution is -2.46. The lowest BCUT2D eigenvalue weighted by atomic mass is 10.2. The van der Waals surface area contributed by atoms with E-state index in [0.717, 1.165) is 18.8 Å². The molecule has 32 heavy (non-hydrogen) atoms. The van der Waals surface area contributed by atoms with Crippen LogP contribution in [0.15, 0.2) is 42.5 Å². The van der Waals surface area contributed by atoms with Gasteiger partial charge in [0.25, 0.3) is 0 Å². The third-order valence-electron chi connectivity index (χ3n) is 5.65. The van der Waals surface area contributed by atoms with Crippen LogP contribution in [0.3, 0.4) is 0 Å². The highest BCUT2D eigenvalue weighted by atomic mass is 35.5. The average Bonchev–Trinajstić information content (AvgIpc) is 3.17. The maximum Gasteiger partial charge on any atom is 0.414 e. The number of carbonyl (C=O) groups excluding carboxylic acids is 1. The van der Waals surface area contributed by atoms with E-state index in [-0.39, 0.29) is 11.9 Å². The molecule has 10 heteroatoms. The number of piperazine rings is 1. The molecule has 0 radical (unpaired) electrons. The Morgan fingerprint density at radius 1 is 1.19 bits per heavy atom. The van der Waals surface area contributed by atoms with E-state index < -0.39 is 6.09 Å². The molecule has 170 valence electrons. The molecule has 6 nitrogen and oxygen atoms in total. The summed E-state index contributed by atoms with van der Waals surface area (Å²) in [6.07, 6.45) is 1.11. The highest BCUT2D eigenvalue weighted by molar-refractivity contribution is 7.97. The van der Waals surface area contributed by atoms with Gasteiger partial charge in [-0.25, -0.2) is 9.18 Å². The van der Waals surface area contributed by atoms with Crippen molar-refractivity contribution >= 4 is 64.4 Å². The molecule has 2 aliphatic rings. The molecule has 2 fully saturated rings. The lowest BCUT2D eigenvalue weighted by molar-refractivity contribution is 0.137. The van der Waals surface area contributed by atoms with Gasteiger partial charge in [0.05, 0.1) is 30.0 Å². The van der Waals surface area contributed by atoms with Crippen molar-refractivity contribution in [3.05, 3.63) is 53.3 Å². The number of benzene rings is 2. The average molecular weight is 495 g/mol. The molecule has 0 aromatic heterocycles. The molecule has 2 saturated heterocycles. The SMILES string of the molecule is CSN(C=S)C[C@H]1CN(c2ccc(N3CCN(c4cccc(Cl)c4)CC3)c(F)c2)C(=O)O1. The van der Waals surface area contributed by atoms with Crippen LogP contribution < -0.4 is 14.7 Å². The summed E-state index contributed by atoms with van der Waals surface area (Å²) in [6, 6.07) is 12.7. The van der Waals surface area contributed by atoms with Gasteiger partial charge in [0, 0.05) is 43.1 Å². The molecule has 2 aliphatic heterocycles. The third-order valence-corrected chi connectivity index (χ3v) is 6.99. The number of rotatable bonds is 7. The van der Waals surface area contributed by atoms with Crippen LogP contribution in [-0.2, 0) is 4.74 Å². The first-order valence-corrected chi connectivity index (χ1v) is 12.3. The largest absolute Gasteiger partial charge is 0.442 e. The Morgan fingerprint density at radius 2 is 1.94 bits per heavy atom. The predicted molar refractivity (Wildman–Crippen MR) is 134 cm³/mol. The molecular formula is C22H24ClFN4O2S2. The van der Waals surface area contributed by atoms with Gasteiger partial charge in [-0.05, 0) is 36.4 Å². The Bertz CT molecular complexity index is 990. The van der Waals surface area contributed by atoms with Gasteiger partial charge in [-0.1, -0.05) is 41.8 Å². The van der Waals surface area contributed by atoms with Crippen molar-refractivity contribution in [2.45, 2.75) is 6.10 Å². The summed E-state index contributed by atoms with van der Waals surface area (Å²) in [5.74, 6) is -0.348. The summed E-state index contributed by atoms with van der Waals surface area (Å²) in [4.78, 5) is 18.1. The minimum atomic E-state index is -0.470. The van der Waals surface area contributed by atoms with E-state index in [1.165, 1.54) is 28.4 Å². The molecule has 1 atom stereocenters. The number of anilines is 3. The Labute approximate surface area is 202 Å². The van der Waals surface area contributed by atoms with E-state index in [1.54, 1.807) is 12.1 Å². The number of nitrogens with zero attached hydrogens (tertiary/aromatic N) is 4. The predicted octanol–water partition coefficient (Wildman–Crippen LogP) is 4.67. The van der Waals surface area contributed by atoms with E-state index in [1.807, 2.05) is 39.7 Å². The van der Waals surface area contributed by atoms with Crippen molar-refractivity contribution in [2.75, 3.05) is 60.2 Å². The van der Waals surface area contributed by atoms with Gasteiger partial charge in [-0.2, -0.15) is 0 Å². The van der Waals surface area contributed by atoms with E-state index in [2.05, 4.69) is 4.90 Å². The van der Waals surface area contributed by atoms with E-state index >= 15 is 4.39 Å². The van der Waals surface area contributed by atoms with Gasteiger partial charge in [0.1, 0.15) is 11.9 Å². The number of halogens is 2. The fraction of sp³-hybridized carbons (Fsp3) is 0.364. The Morgan fingerprint density at radius 3 is 2.59 bits per heavy atom. The van der Waals surface area contributed by atoms with Gasteiger partial charge < -0.3 is 18.8 Å². The van der Waals surface area contributed by atoms with Crippen LogP contribution in [0.5, 0.6) is 0 Å². The number of carbonyl (C=O) groups is 1. The second kappa shape index (κ2) is 10.1. The summed E-state index contributed by atoms with van der Waals surface area (Å²) in [6.45, 7) is 3.78. The molecule has 2 aromatic rings. The second-order valence-electron chi connectivity index (χ2n) is 7.59. The van der Waals surface area contributed by atoms with Gasteiger partial charge >= 0.3 is 6.09 Å². The number of thiocarbonyl (C=S) groups is 1. The zero-order valence-electron chi connectivity index (χ0n) is 17.6. The molecule has 1 amide bonds. The topological polar surface area (TPSA) is 39.3 Å². The molecule has 0 saturated carbocycles. The van der Waals surface area contributed by atoms with Crippen LogP contribution in [0.1, 0.15) is 0 Å². The summed E-state index contributed by atoms with van der Waals surface area (Å²) in [7, 11) is 0. The van der Waals surface area contributed by atoms with Crippen LogP contribution in [-0.4, -0.2) is 67.5 Å². The van der Waals surface area contributed by atoms with Crippen molar-refractivity contribution in [3.63, 3.8) is 0 Å². The van der Waals surface area contributed by atoms with Gasteiger partial charge in [-0.15, -0.1) is 0 Å². The Balaban J connectivity index is 1.40. The number of ether oxygens (including phenoxy) is 1. The summed E-state index contributed by atoms with van der Waals surface area (Å²) >= 11 is 12.5. The molecule has 2 heterocycles. The molecule has 0 N–H and O–H groups in total. The van der Waals surface area contributed by atoms with Gasteiger partial charge in [0.2, 0.25) is 0 Å². The fourth-order valence-corrected chi connectivity index (χ4v) is 4.92. The van der Waals surface area contributed by atoms with Crippen molar-refractivity contribution < 1.29 is 13.9 Å². The number of hydrogen-bond acceptors (Lipinski definition) is 6. The van der Waals surface area contributed by atoms with Crippen molar-refractivity contribution in [1.82, 2.24) is 4.31 Å². The maximum atomic E-state index is 15.0. The minimum absolute atomic E-state index is 0.323. The van der Waals surface area contributed by atoms with E-state index in [0.29, 0.717) is 42.6 Å². The second-order valence-corrected chi connectivity index (χ2v) is 9.08. The number of cyclic esters (lactones) is 1. The Kier molecular flexibility index (Phi) is 7.27. The van der Waals surface area contributed by atoms with Crippen LogP contribution in [0.25, 0.3) is 0 Å². The summed E-state index contributed by atoms with van der Waals surface area (Å²) in [5, 5.41) is 0.706. The monoisotopic (exact) mass is 494 g/mol. The highest BCUT2D eigenvalue weighted by Crippen LogP contribution is 2.30. The van der Waals surface area contributed by atoms with Gasteiger partial charge in [-0.3, -0.25) is 4.90 Å².